The molecule has 218 valence electrons. The Morgan fingerprint density at radius 2 is 1.00 bits per heavy atom. The molecule has 1 aliphatic heterocycles. The van der Waals surface area contributed by atoms with Crippen LogP contribution in [0.2, 0.25) is 13.1 Å². The van der Waals surface area contributed by atoms with Crippen LogP contribution in [0, 0.1) is 0 Å². The Hall–Kier alpha value is -5.58. The zero-order valence-corrected chi connectivity index (χ0v) is 26.8. The molecule has 0 unspecified atom stereocenters. The van der Waals surface area contributed by atoms with Crippen molar-refractivity contribution in [2.45, 2.75) is 13.1 Å². The van der Waals surface area contributed by atoms with Gasteiger partial charge in [-0.2, -0.15) is 0 Å². The summed E-state index contributed by atoms with van der Waals surface area (Å²) in [5.74, 6) is 0.667. The standard InChI is InChI=1S/C42H31N3Si/c1-46(2)40-20-12-10-18-33(40)35-26-31(22-24-41(35)46)30-21-23-39-34(25-30)32-17-9-11-19-38(32)45(39)42-43-36(28-13-5-3-6-14-28)27-37(44-42)29-15-7-4-8-16-29/h3-27H,1-2H3. The van der Waals surface area contributed by atoms with Crippen LogP contribution in [0.5, 0.6) is 0 Å². The Morgan fingerprint density at radius 1 is 0.435 bits per heavy atom. The Morgan fingerprint density at radius 3 is 1.74 bits per heavy atom. The van der Waals surface area contributed by atoms with Gasteiger partial charge in [0.2, 0.25) is 5.95 Å². The fraction of sp³-hybridized carbons (Fsp3) is 0.0476. The lowest BCUT2D eigenvalue weighted by Gasteiger charge is -2.18. The van der Waals surface area contributed by atoms with E-state index in [1.807, 2.05) is 12.1 Å². The van der Waals surface area contributed by atoms with Crippen LogP contribution in [0.1, 0.15) is 0 Å². The smallest absolute Gasteiger partial charge is 0.235 e. The number of hydrogen-bond acceptors (Lipinski definition) is 2. The molecule has 0 amide bonds. The summed E-state index contributed by atoms with van der Waals surface area (Å²) >= 11 is 0. The highest BCUT2D eigenvalue weighted by atomic mass is 28.3. The Bertz CT molecular complexity index is 2380. The molecule has 0 N–H and O–H groups in total. The van der Waals surface area contributed by atoms with E-state index in [4.69, 9.17) is 9.97 Å². The minimum atomic E-state index is -1.70. The van der Waals surface area contributed by atoms with Gasteiger partial charge in [0.1, 0.15) is 8.07 Å². The first kappa shape index (κ1) is 26.8. The predicted octanol–water partition coefficient (Wildman–Crippen LogP) is 9.38. The lowest BCUT2D eigenvalue weighted by atomic mass is 9.98. The average molecular weight is 606 g/mol. The normalized spacial score (nSPS) is 13.2. The lowest BCUT2D eigenvalue weighted by molar-refractivity contribution is 0.995. The van der Waals surface area contributed by atoms with Gasteiger partial charge in [0.05, 0.1) is 22.4 Å². The molecule has 3 heterocycles. The first-order valence-corrected chi connectivity index (χ1v) is 18.8. The molecule has 0 spiro atoms. The molecule has 3 nitrogen and oxygen atoms in total. The van der Waals surface area contributed by atoms with Crippen molar-refractivity contribution in [1.29, 1.82) is 0 Å². The van der Waals surface area contributed by atoms with Crippen LogP contribution in [0.3, 0.4) is 0 Å². The van der Waals surface area contributed by atoms with Crippen LogP contribution in [0.25, 0.3) is 72.5 Å². The molecule has 6 aromatic carbocycles. The van der Waals surface area contributed by atoms with Crippen LogP contribution < -0.4 is 10.4 Å². The van der Waals surface area contributed by atoms with Crippen LogP contribution in [0.15, 0.2) is 152 Å². The summed E-state index contributed by atoms with van der Waals surface area (Å²) in [6, 6.07) is 54.4. The lowest BCUT2D eigenvalue weighted by Crippen LogP contribution is -2.49. The van der Waals surface area contributed by atoms with E-state index in [1.54, 1.807) is 0 Å². The molecule has 46 heavy (non-hydrogen) atoms. The topological polar surface area (TPSA) is 30.7 Å². The second-order valence-corrected chi connectivity index (χ2v) is 17.0. The van der Waals surface area contributed by atoms with E-state index in [2.05, 4.69) is 157 Å². The number of rotatable bonds is 4. The highest BCUT2D eigenvalue weighted by molar-refractivity contribution is 7.03. The van der Waals surface area contributed by atoms with Crippen molar-refractivity contribution in [3.8, 4) is 50.7 Å². The number of aromatic nitrogens is 3. The molecule has 1 aliphatic rings. The van der Waals surface area contributed by atoms with Crippen molar-refractivity contribution in [2.24, 2.45) is 0 Å². The van der Waals surface area contributed by atoms with Gasteiger partial charge in [-0.3, -0.25) is 4.57 Å². The zero-order valence-electron chi connectivity index (χ0n) is 25.8. The predicted molar refractivity (Wildman–Crippen MR) is 195 cm³/mol. The highest BCUT2D eigenvalue weighted by Gasteiger charge is 2.37. The van der Waals surface area contributed by atoms with Gasteiger partial charge in [0, 0.05) is 21.9 Å². The van der Waals surface area contributed by atoms with Gasteiger partial charge in [-0.05, 0) is 63.0 Å². The Balaban J connectivity index is 1.25. The molecule has 0 radical (unpaired) electrons. The van der Waals surface area contributed by atoms with Gasteiger partial charge in [-0.25, -0.2) is 9.97 Å². The maximum atomic E-state index is 5.18. The number of hydrogen-bond donors (Lipinski definition) is 0. The van der Waals surface area contributed by atoms with Crippen molar-refractivity contribution in [1.82, 2.24) is 14.5 Å². The van der Waals surface area contributed by atoms with Gasteiger partial charge < -0.3 is 0 Å². The van der Waals surface area contributed by atoms with E-state index >= 15 is 0 Å². The molecular formula is C42H31N3Si. The maximum Gasteiger partial charge on any atom is 0.235 e. The fourth-order valence-corrected chi connectivity index (χ4v) is 10.4. The largest absolute Gasteiger partial charge is 0.278 e. The van der Waals surface area contributed by atoms with Crippen LogP contribution in [0.4, 0.5) is 0 Å². The summed E-state index contributed by atoms with van der Waals surface area (Å²) in [5, 5.41) is 5.45. The minimum absolute atomic E-state index is 0.667. The fourth-order valence-electron chi connectivity index (χ4n) is 7.32. The molecule has 2 aromatic heterocycles. The SMILES string of the molecule is C[Si]1(C)c2ccccc2-c2cc(-c3ccc4c(c3)c3ccccc3n4-c3nc(-c4ccccc4)cc(-c4ccccc4)n3)ccc21. The third kappa shape index (κ3) is 4.11. The molecule has 0 saturated carbocycles. The summed E-state index contributed by atoms with van der Waals surface area (Å²) in [6.45, 7) is 4.94. The van der Waals surface area contributed by atoms with Gasteiger partial charge >= 0.3 is 0 Å². The van der Waals surface area contributed by atoms with Crippen molar-refractivity contribution in [3.63, 3.8) is 0 Å². The third-order valence-corrected chi connectivity index (χ3v) is 13.2. The average Bonchev–Trinajstić information content (AvgIpc) is 3.57. The van der Waals surface area contributed by atoms with Gasteiger partial charge in [0.15, 0.2) is 0 Å². The minimum Gasteiger partial charge on any atom is -0.278 e. The summed E-state index contributed by atoms with van der Waals surface area (Å²) in [6.07, 6.45) is 0. The first-order chi connectivity index (χ1) is 22.6. The van der Waals surface area contributed by atoms with Gasteiger partial charge in [0.25, 0.3) is 0 Å². The Kier molecular flexibility index (Phi) is 5.96. The number of benzene rings is 6. The first-order valence-electron chi connectivity index (χ1n) is 15.8. The number of nitrogens with zero attached hydrogens (tertiary/aromatic N) is 3. The quantitative estimate of drug-likeness (QED) is 0.187. The van der Waals surface area contributed by atoms with Crippen molar-refractivity contribution >= 4 is 40.3 Å². The van der Waals surface area contributed by atoms with Crippen LogP contribution >= 0.6 is 0 Å². The van der Waals surface area contributed by atoms with Crippen LogP contribution in [-0.4, -0.2) is 22.6 Å². The second-order valence-electron chi connectivity index (χ2n) is 12.7. The molecule has 0 fully saturated rings. The van der Waals surface area contributed by atoms with Crippen LogP contribution in [-0.2, 0) is 0 Å². The van der Waals surface area contributed by atoms with Crippen molar-refractivity contribution in [2.75, 3.05) is 0 Å². The molecule has 0 atom stereocenters. The monoisotopic (exact) mass is 605 g/mol. The van der Waals surface area contributed by atoms with Gasteiger partial charge in [-0.1, -0.05) is 134 Å². The van der Waals surface area contributed by atoms with E-state index < -0.39 is 8.07 Å². The molecule has 0 bridgehead atoms. The summed E-state index contributed by atoms with van der Waals surface area (Å²) in [7, 11) is -1.70. The van der Waals surface area contributed by atoms with Crippen molar-refractivity contribution < 1.29 is 0 Å². The second kappa shape index (κ2) is 10.2. The van der Waals surface area contributed by atoms with E-state index in [1.165, 1.54) is 43.4 Å². The van der Waals surface area contributed by atoms with Crippen molar-refractivity contribution in [3.05, 3.63) is 152 Å². The third-order valence-electron chi connectivity index (χ3n) is 9.64. The van der Waals surface area contributed by atoms with E-state index in [-0.39, 0.29) is 0 Å². The summed E-state index contributed by atoms with van der Waals surface area (Å²) in [5.41, 5.74) is 11.4. The Labute approximate surface area is 269 Å². The molecule has 0 saturated heterocycles. The zero-order chi connectivity index (χ0) is 30.8. The van der Waals surface area contributed by atoms with Gasteiger partial charge in [-0.15, -0.1) is 0 Å². The van der Waals surface area contributed by atoms with E-state index in [0.29, 0.717) is 5.95 Å². The number of fused-ring (bicyclic) bond motifs is 6. The molecule has 4 heteroatoms. The number of para-hydroxylation sites is 1. The molecule has 9 rings (SSSR count). The van der Waals surface area contributed by atoms with E-state index in [0.717, 1.165) is 33.5 Å². The summed E-state index contributed by atoms with van der Waals surface area (Å²) in [4.78, 5) is 10.4. The molecule has 0 aliphatic carbocycles. The highest BCUT2D eigenvalue weighted by Crippen LogP contribution is 2.37. The maximum absolute atomic E-state index is 5.18. The molecular weight excluding hydrogens is 575 g/mol. The van der Waals surface area contributed by atoms with E-state index in [9.17, 15) is 0 Å². The summed E-state index contributed by atoms with van der Waals surface area (Å²) < 4.78 is 2.22. The molecule has 8 aromatic rings.